The Hall–Kier alpha value is -2.27. The number of nitrogens with one attached hydrogen (secondary N) is 1. The average Bonchev–Trinajstić information content (AvgIpc) is 2.49. The Labute approximate surface area is 131 Å². The first-order valence-corrected chi connectivity index (χ1v) is 8.36. The lowest BCUT2D eigenvalue weighted by Crippen LogP contribution is -2.14. The minimum atomic E-state index is -3.59. The molecule has 0 fully saturated rings. The highest BCUT2D eigenvalue weighted by atomic mass is 32.2. The summed E-state index contributed by atoms with van der Waals surface area (Å²) in [4.78, 5) is 0.250. The second-order valence-electron chi connectivity index (χ2n) is 4.89. The van der Waals surface area contributed by atoms with Crippen molar-refractivity contribution in [3.05, 3.63) is 72.0 Å². The van der Waals surface area contributed by atoms with E-state index in [1.165, 1.54) is 0 Å². The zero-order valence-electron chi connectivity index (χ0n) is 12.6. The second-order valence-corrected chi connectivity index (χ2v) is 6.57. The van der Waals surface area contributed by atoms with Crippen LogP contribution in [0.4, 0.5) is 5.69 Å². The number of aryl methyl sites for hydroxylation is 1. The molecular formula is C17H19NO3S. The molecule has 2 aromatic carbocycles. The molecule has 0 bridgehead atoms. The molecule has 22 heavy (non-hydrogen) atoms. The molecule has 0 saturated heterocycles. The average molecular weight is 317 g/mol. The van der Waals surface area contributed by atoms with Crippen molar-refractivity contribution in [1.29, 1.82) is 0 Å². The number of ether oxygens (including phenoxy) is 1. The van der Waals surface area contributed by atoms with Crippen molar-refractivity contribution in [2.24, 2.45) is 0 Å². The molecule has 0 radical (unpaired) electrons. The van der Waals surface area contributed by atoms with Crippen LogP contribution < -0.4 is 4.72 Å². The van der Waals surface area contributed by atoms with Gasteiger partial charge in [-0.3, -0.25) is 4.72 Å². The van der Waals surface area contributed by atoms with Gasteiger partial charge in [0.05, 0.1) is 24.0 Å². The van der Waals surface area contributed by atoms with Gasteiger partial charge in [-0.15, -0.1) is 0 Å². The van der Waals surface area contributed by atoms with E-state index < -0.39 is 10.0 Å². The highest BCUT2D eigenvalue weighted by Gasteiger charge is 2.15. The highest BCUT2D eigenvalue weighted by Crippen LogP contribution is 2.21. The minimum Gasteiger partial charge on any atom is -0.505 e. The van der Waals surface area contributed by atoms with Crippen molar-refractivity contribution in [3.63, 3.8) is 0 Å². The van der Waals surface area contributed by atoms with E-state index in [2.05, 4.69) is 4.72 Å². The topological polar surface area (TPSA) is 55.4 Å². The third-order valence-corrected chi connectivity index (χ3v) is 4.54. The van der Waals surface area contributed by atoms with E-state index in [9.17, 15) is 8.42 Å². The van der Waals surface area contributed by atoms with Crippen LogP contribution in [0.15, 0.2) is 65.8 Å². The maximum absolute atomic E-state index is 12.4. The van der Waals surface area contributed by atoms with E-state index in [4.69, 9.17) is 4.74 Å². The van der Waals surface area contributed by atoms with Crippen LogP contribution in [0.25, 0.3) is 0 Å². The normalized spacial score (nSPS) is 11.5. The van der Waals surface area contributed by atoms with E-state index in [0.29, 0.717) is 12.1 Å². The van der Waals surface area contributed by atoms with Crippen molar-refractivity contribution >= 4 is 15.7 Å². The number of allylic oxidation sites excluding steroid dienone is 1. The summed E-state index contributed by atoms with van der Waals surface area (Å²) in [6.45, 7) is 1.92. The fraction of sp³-hybridized carbons (Fsp3) is 0.176. The SMILES string of the molecule is COC=CCc1ccccc1NS(=O)(=O)c1ccc(C)cc1. The Morgan fingerprint density at radius 2 is 1.77 bits per heavy atom. The van der Waals surface area contributed by atoms with Crippen LogP contribution in [0.3, 0.4) is 0 Å². The molecule has 116 valence electrons. The van der Waals surface area contributed by atoms with Crippen molar-refractivity contribution in [2.75, 3.05) is 11.8 Å². The molecule has 5 heteroatoms. The molecule has 0 heterocycles. The summed E-state index contributed by atoms with van der Waals surface area (Å²) in [5.74, 6) is 0. The third kappa shape index (κ3) is 4.11. The molecule has 0 amide bonds. The number of hydrogen-bond donors (Lipinski definition) is 1. The Bertz CT molecular complexity index is 750. The van der Waals surface area contributed by atoms with Gasteiger partial charge in [-0.2, -0.15) is 0 Å². The lowest BCUT2D eigenvalue weighted by Gasteiger charge is -2.12. The molecule has 2 rings (SSSR count). The molecular weight excluding hydrogens is 298 g/mol. The zero-order valence-corrected chi connectivity index (χ0v) is 13.4. The maximum Gasteiger partial charge on any atom is 0.261 e. The van der Waals surface area contributed by atoms with E-state index in [1.807, 2.05) is 25.1 Å². The van der Waals surface area contributed by atoms with Gasteiger partial charge in [-0.05, 0) is 43.2 Å². The first-order chi connectivity index (χ1) is 10.5. The number of rotatable bonds is 6. The van der Waals surface area contributed by atoms with Crippen molar-refractivity contribution in [3.8, 4) is 0 Å². The summed E-state index contributed by atoms with van der Waals surface area (Å²) in [6.07, 6.45) is 3.99. The molecule has 0 aliphatic carbocycles. The summed E-state index contributed by atoms with van der Waals surface area (Å²) in [6, 6.07) is 14.1. The molecule has 0 saturated carbocycles. The van der Waals surface area contributed by atoms with Crippen LogP contribution in [0.5, 0.6) is 0 Å². The summed E-state index contributed by atoms with van der Waals surface area (Å²) < 4.78 is 32.4. The largest absolute Gasteiger partial charge is 0.505 e. The van der Waals surface area contributed by atoms with E-state index in [-0.39, 0.29) is 4.90 Å². The lowest BCUT2D eigenvalue weighted by atomic mass is 10.1. The lowest BCUT2D eigenvalue weighted by molar-refractivity contribution is 0.337. The quantitative estimate of drug-likeness (QED) is 0.830. The summed E-state index contributed by atoms with van der Waals surface area (Å²) >= 11 is 0. The summed E-state index contributed by atoms with van der Waals surface area (Å²) in [7, 11) is -2.02. The number of anilines is 1. The van der Waals surface area contributed by atoms with Gasteiger partial charge in [-0.1, -0.05) is 35.9 Å². The zero-order chi connectivity index (χ0) is 16.0. The standard InChI is InChI=1S/C17H19NO3S/c1-14-9-11-16(12-10-14)22(19,20)18-17-8-4-3-6-15(17)7-5-13-21-2/h3-6,8-13,18H,7H2,1-2H3. The van der Waals surface area contributed by atoms with Crippen LogP contribution in [0, 0.1) is 6.92 Å². The van der Waals surface area contributed by atoms with Crippen LogP contribution in [0.1, 0.15) is 11.1 Å². The monoisotopic (exact) mass is 317 g/mol. The fourth-order valence-corrected chi connectivity index (χ4v) is 3.09. The van der Waals surface area contributed by atoms with Gasteiger partial charge < -0.3 is 4.74 Å². The number of methoxy groups -OCH3 is 1. The predicted molar refractivity (Wildman–Crippen MR) is 88.3 cm³/mol. The molecule has 2 aromatic rings. The van der Waals surface area contributed by atoms with Crippen molar-refractivity contribution < 1.29 is 13.2 Å². The highest BCUT2D eigenvalue weighted by molar-refractivity contribution is 7.92. The van der Waals surface area contributed by atoms with Crippen LogP contribution in [0.2, 0.25) is 0 Å². The smallest absolute Gasteiger partial charge is 0.261 e. The van der Waals surface area contributed by atoms with Gasteiger partial charge in [0.15, 0.2) is 0 Å². The van der Waals surface area contributed by atoms with Gasteiger partial charge in [-0.25, -0.2) is 8.42 Å². The fourth-order valence-electron chi connectivity index (χ4n) is 1.99. The maximum atomic E-state index is 12.4. The van der Waals surface area contributed by atoms with Crippen LogP contribution >= 0.6 is 0 Å². The molecule has 4 nitrogen and oxygen atoms in total. The minimum absolute atomic E-state index is 0.250. The summed E-state index contributed by atoms with van der Waals surface area (Å²) in [5.41, 5.74) is 2.47. The molecule has 0 aliphatic heterocycles. The number of para-hydroxylation sites is 1. The first kappa shape index (κ1) is 16.1. The van der Waals surface area contributed by atoms with E-state index >= 15 is 0 Å². The first-order valence-electron chi connectivity index (χ1n) is 6.88. The molecule has 1 N–H and O–H groups in total. The number of sulfonamides is 1. The van der Waals surface area contributed by atoms with E-state index in [1.54, 1.807) is 49.8 Å². The van der Waals surface area contributed by atoms with Crippen molar-refractivity contribution in [1.82, 2.24) is 0 Å². The number of benzene rings is 2. The number of hydrogen-bond acceptors (Lipinski definition) is 3. The predicted octanol–water partition coefficient (Wildman–Crippen LogP) is 3.50. The Balaban J connectivity index is 2.26. The van der Waals surface area contributed by atoms with Gasteiger partial charge in [0.25, 0.3) is 10.0 Å². The van der Waals surface area contributed by atoms with Crippen LogP contribution in [-0.4, -0.2) is 15.5 Å². The molecule has 0 aliphatic rings. The molecule has 0 atom stereocenters. The Morgan fingerprint density at radius 1 is 1.09 bits per heavy atom. The molecule has 0 aromatic heterocycles. The molecule has 0 unspecified atom stereocenters. The Morgan fingerprint density at radius 3 is 2.45 bits per heavy atom. The second kappa shape index (κ2) is 7.13. The van der Waals surface area contributed by atoms with Gasteiger partial charge >= 0.3 is 0 Å². The Kier molecular flexibility index (Phi) is 5.22. The van der Waals surface area contributed by atoms with Crippen LogP contribution in [-0.2, 0) is 21.2 Å². The van der Waals surface area contributed by atoms with E-state index in [0.717, 1.165) is 11.1 Å². The summed E-state index contributed by atoms with van der Waals surface area (Å²) in [5, 5.41) is 0. The van der Waals surface area contributed by atoms with Gasteiger partial charge in [0, 0.05) is 0 Å². The third-order valence-electron chi connectivity index (χ3n) is 3.16. The van der Waals surface area contributed by atoms with Gasteiger partial charge in [0.1, 0.15) is 0 Å². The molecule has 0 spiro atoms. The van der Waals surface area contributed by atoms with Gasteiger partial charge in [0.2, 0.25) is 0 Å². The van der Waals surface area contributed by atoms with Crippen molar-refractivity contribution in [2.45, 2.75) is 18.2 Å².